The zero-order chi connectivity index (χ0) is 27.6. The van der Waals surface area contributed by atoms with Crippen molar-refractivity contribution < 1.29 is 28.2 Å². The van der Waals surface area contributed by atoms with Crippen molar-refractivity contribution in [1.82, 2.24) is 9.88 Å². The van der Waals surface area contributed by atoms with Crippen LogP contribution >= 0.6 is 27.5 Å². The minimum Gasteiger partial charge on any atom is -0.481 e. The van der Waals surface area contributed by atoms with Crippen molar-refractivity contribution in [3.05, 3.63) is 87.0 Å². The van der Waals surface area contributed by atoms with Gasteiger partial charge in [0.25, 0.3) is 5.92 Å². The van der Waals surface area contributed by atoms with E-state index < -0.39 is 41.4 Å². The molecule has 2 fully saturated rings. The Morgan fingerprint density at radius 2 is 1.92 bits per heavy atom. The third-order valence-electron chi connectivity index (χ3n) is 8.22. The number of aliphatic hydroxyl groups is 1. The predicted molar refractivity (Wildman–Crippen MR) is 144 cm³/mol. The molecule has 0 radical (unpaired) electrons. The molecule has 1 N–H and O–H groups in total. The van der Waals surface area contributed by atoms with Crippen LogP contribution in [0.15, 0.2) is 65.1 Å². The first-order chi connectivity index (χ1) is 18.6. The highest BCUT2D eigenvalue weighted by atomic mass is 79.9. The zero-order valence-corrected chi connectivity index (χ0v) is 23.4. The minimum atomic E-state index is -2.96. The maximum Gasteiger partial charge on any atom is 0.265 e. The first kappa shape index (κ1) is 26.5. The van der Waals surface area contributed by atoms with E-state index in [1.165, 1.54) is 18.1 Å². The molecule has 0 spiro atoms. The number of amides is 1. The van der Waals surface area contributed by atoms with Crippen molar-refractivity contribution in [1.29, 1.82) is 0 Å². The van der Waals surface area contributed by atoms with Gasteiger partial charge in [-0.3, -0.25) is 4.79 Å². The maximum atomic E-state index is 14.4. The number of carbonyl (C=O) groups is 1. The highest BCUT2D eigenvalue weighted by Gasteiger charge is 2.74. The second-order valence-electron chi connectivity index (χ2n) is 10.5. The Balaban J connectivity index is 1.60. The number of benzene rings is 2. The summed E-state index contributed by atoms with van der Waals surface area (Å²) in [5, 5.41) is 12.9. The van der Waals surface area contributed by atoms with E-state index in [0.29, 0.717) is 11.3 Å². The van der Waals surface area contributed by atoms with Gasteiger partial charge in [-0.15, -0.1) is 0 Å². The largest absolute Gasteiger partial charge is 0.481 e. The molecular weight excluding hydrogens is 594 g/mol. The Hall–Kier alpha value is -2.75. The lowest BCUT2D eigenvalue weighted by Gasteiger charge is -2.41. The van der Waals surface area contributed by atoms with Crippen molar-refractivity contribution in [2.45, 2.75) is 42.3 Å². The fourth-order valence-electron chi connectivity index (χ4n) is 6.74. The Labute approximate surface area is 238 Å². The van der Waals surface area contributed by atoms with Crippen LogP contribution in [0.2, 0.25) is 5.15 Å². The fraction of sp³-hybridized carbons (Fsp3) is 0.379. The van der Waals surface area contributed by atoms with Gasteiger partial charge in [0, 0.05) is 29.4 Å². The average Bonchev–Trinajstić information content (AvgIpc) is 3.31. The molecule has 1 aliphatic carbocycles. The molecule has 6 rings (SSSR count). The second kappa shape index (κ2) is 9.42. The van der Waals surface area contributed by atoms with Crippen molar-refractivity contribution in [3.63, 3.8) is 0 Å². The summed E-state index contributed by atoms with van der Waals surface area (Å²) in [6.45, 7) is -0.417. The summed E-state index contributed by atoms with van der Waals surface area (Å²) >= 11 is 9.77. The molecule has 0 unspecified atom stereocenters. The molecule has 1 aromatic heterocycles. The molecule has 3 aromatic rings. The van der Waals surface area contributed by atoms with Crippen LogP contribution in [0.5, 0.6) is 11.6 Å². The molecule has 1 saturated carbocycles. The Morgan fingerprint density at radius 3 is 2.59 bits per heavy atom. The third-order valence-corrected chi connectivity index (χ3v) is 8.94. The van der Waals surface area contributed by atoms with Gasteiger partial charge in [0.15, 0.2) is 5.60 Å². The highest BCUT2D eigenvalue weighted by molar-refractivity contribution is 9.10. The number of hydrogen-bond acceptors (Lipinski definition) is 5. The highest BCUT2D eigenvalue weighted by Crippen LogP contribution is 2.70. The number of carbonyl (C=O) groups excluding carboxylic acids is 1. The van der Waals surface area contributed by atoms with E-state index in [2.05, 4.69) is 20.9 Å². The van der Waals surface area contributed by atoms with Crippen molar-refractivity contribution in [3.8, 4) is 11.6 Å². The van der Waals surface area contributed by atoms with Crippen LogP contribution in [0.3, 0.4) is 0 Å². The number of hydrogen-bond donors (Lipinski definition) is 1. The fourth-order valence-corrected chi connectivity index (χ4v) is 7.18. The average molecular weight is 620 g/mol. The van der Waals surface area contributed by atoms with Gasteiger partial charge in [-0.05, 0) is 36.1 Å². The van der Waals surface area contributed by atoms with Crippen LogP contribution in [0.1, 0.15) is 41.9 Å². The van der Waals surface area contributed by atoms with Crippen LogP contribution in [-0.4, -0.2) is 47.0 Å². The number of likely N-dealkylation sites (tertiary alicyclic amines) is 1. The quantitative estimate of drug-likeness (QED) is 0.361. The Bertz CT molecular complexity index is 1430. The first-order valence-corrected chi connectivity index (χ1v) is 13.9. The molecule has 1 saturated heterocycles. The normalized spacial score (nSPS) is 28.9. The van der Waals surface area contributed by atoms with Crippen molar-refractivity contribution >= 4 is 33.4 Å². The SMILES string of the molecule is COc1nc(Cl)cc2c1[C@]1(O)C[C@H](C(=O)N3CCCC(F)(F)C3)[C@@H](c3ccccc3)[C@]1(c1ccc(Br)cc1)O2. The molecule has 3 aliphatic rings. The molecule has 1 amide bonds. The van der Waals surface area contributed by atoms with Crippen LogP contribution in [-0.2, 0) is 16.0 Å². The lowest BCUT2D eigenvalue weighted by atomic mass is 9.71. The molecule has 10 heteroatoms. The number of ether oxygens (including phenoxy) is 2. The molecule has 39 heavy (non-hydrogen) atoms. The molecule has 6 nitrogen and oxygen atoms in total. The lowest BCUT2D eigenvalue weighted by molar-refractivity contribution is -0.147. The van der Waals surface area contributed by atoms with Gasteiger partial charge >= 0.3 is 0 Å². The van der Waals surface area contributed by atoms with Crippen LogP contribution in [0.4, 0.5) is 8.78 Å². The van der Waals surface area contributed by atoms with Crippen LogP contribution in [0, 0.1) is 5.92 Å². The number of methoxy groups -OCH3 is 1. The summed E-state index contributed by atoms with van der Waals surface area (Å²) in [6.07, 6.45) is -0.133. The molecular formula is C29H26BrClF2N2O4. The van der Waals surface area contributed by atoms with E-state index in [4.69, 9.17) is 21.1 Å². The summed E-state index contributed by atoms with van der Waals surface area (Å²) in [5.41, 5.74) is -1.65. The number of pyridine rings is 1. The van der Waals surface area contributed by atoms with E-state index in [1.807, 2.05) is 54.6 Å². The van der Waals surface area contributed by atoms with Gasteiger partial charge in [-0.25, -0.2) is 13.8 Å². The van der Waals surface area contributed by atoms with Gasteiger partial charge in [-0.2, -0.15) is 0 Å². The topological polar surface area (TPSA) is 71.9 Å². The van der Waals surface area contributed by atoms with Crippen molar-refractivity contribution in [2.75, 3.05) is 20.2 Å². The molecule has 204 valence electrons. The van der Waals surface area contributed by atoms with E-state index in [-0.39, 0.29) is 42.4 Å². The van der Waals surface area contributed by atoms with Gasteiger partial charge < -0.3 is 19.5 Å². The summed E-state index contributed by atoms with van der Waals surface area (Å²) in [4.78, 5) is 19.7. The van der Waals surface area contributed by atoms with E-state index in [9.17, 15) is 18.7 Å². The van der Waals surface area contributed by atoms with Gasteiger partial charge in [0.2, 0.25) is 11.8 Å². The Kier molecular flexibility index (Phi) is 6.39. The summed E-state index contributed by atoms with van der Waals surface area (Å²) in [7, 11) is 1.42. The molecule has 2 aliphatic heterocycles. The number of aromatic nitrogens is 1. The number of nitrogens with zero attached hydrogens (tertiary/aromatic N) is 2. The summed E-state index contributed by atoms with van der Waals surface area (Å²) in [6, 6.07) is 18.2. The lowest BCUT2D eigenvalue weighted by Crippen LogP contribution is -2.50. The first-order valence-electron chi connectivity index (χ1n) is 12.7. The standard InChI is InChI=1S/C29H26BrClF2N2O4/c1-38-25-24-21(14-22(31)34-25)39-29(18-8-10-19(30)11-9-18)23(17-6-3-2-4-7-17)20(15-28(24,29)37)26(36)35-13-5-12-27(32,33)16-35/h2-4,6-11,14,20,23,37H,5,12-13,15-16H2,1H3/t20-,23+,28+,29-/m0/s1. The van der Waals surface area contributed by atoms with Crippen LogP contribution in [0.25, 0.3) is 0 Å². The monoisotopic (exact) mass is 618 g/mol. The number of piperidine rings is 1. The smallest absolute Gasteiger partial charge is 0.265 e. The minimum absolute atomic E-state index is 0.0865. The number of alkyl halides is 2. The van der Waals surface area contributed by atoms with Gasteiger partial charge in [0.1, 0.15) is 16.5 Å². The third kappa shape index (κ3) is 4.04. The van der Waals surface area contributed by atoms with E-state index >= 15 is 0 Å². The Morgan fingerprint density at radius 1 is 1.21 bits per heavy atom. The predicted octanol–water partition coefficient (Wildman–Crippen LogP) is 6.04. The second-order valence-corrected chi connectivity index (χ2v) is 11.8. The zero-order valence-electron chi connectivity index (χ0n) is 21.0. The van der Waals surface area contributed by atoms with E-state index in [1.54, 1.807) is 0 Å². The molecule has 0 bridgehead atoms. The van der Waals surface area contributed by atoms with Crippen molar-refractivity contribution in [2.24, 2.45) is 5.92 Å². The summed E-state index contributed by atoms with van der Waals surface area (Å²) < 4.78 is 42.0. The summed E-state index contributed by atoms with van der Waals surface area (Å²) in [5.74, 6) is -4.62. The molecule has 3 heterocycles. The number of halogens is 4. The van der Waals surface area contributed by atoms with Gasteiger partial charge in [-0.1, -0.05) is 70.0 Å². The maximum absolute atomic E-state index is 14.4. The van der Waals surface area contributed by atoms with Gasteiger partial charge in [0.05, 0.1) is 25.1 Å². The molecule has 4 atom stereocenters. The number of rotatable bonds is 4. The van der Waals surface area contributed by atoms with E-state index in [0.717, 1.165) is 10.0 Å². The number of fused-ring (bicyclic) bond motifs is 3. The molecule has 2 aromatic carbocycles. The van der Waals surface area contributed by atoms with Crippen LogP contribution < -0.4 is 9.47 Å².